The number of benzene rings is 1. The lowest BCUT2D eigenvalue weighted by Gasteiger charge is -2.03. The molecule has 1 aromatic carbocycles. The molecule has 84 valence electrons. The standard InChI is InChI=1S/C13H14FNO/c1-10(14)5-13(8-15)7-11-3-2-4-12(6-11)9-16/h2-6,8-9H,7,15H2,1H3/b10-5+,13-8+. The molecule has 0 atom stereocenters. The molecule has 1 rings (SSSR count). The third-order valence-corrected chi connectivity index (χ3v) is 2.09. The third-order valence-electron chi connectivity index (χ3n) is 2.09. The van der Waals surface area contributed by atoms with Gasteiger partial charge in [0.05, 0.1) is 5.83 Å². The molecule has 0 bridgehead atoms. The van der Waals surface area contributed by atoms with Gasteiger partial charge in [0, 0.05) is 5.56 Å². The largest absolute Gasteiger partial charge is 0.404 e. The first-order valence-corrected chi connectivity index (χ1v) is 4.94. The predicted octanol–water partition coefficient (Wildman–Crippen LogP) is 2.76. The summed E-state index contributed by atoms with van der Waals surface area (Å²) >= 11 is 0. The minimum absolute atomic E-state index is 0.289. The van der Waals surface area contributed by atoms with Crippen LogP contribution in [0.25, 0.3) is 0 Å². The SMILES string of the molecule is C/C(F)=C\C(=C/N)Cc1cccc(C=O)c1. The van der Waals surface area contributed by atoms with E-state index in [1.54, 1.807) is 18.2 Å². The zero-order chi connectivity index (χ0) is 12.0. The van der Waals surface area contributed by atoms with Crippen molar-refractivity contribution in [1.29, 1.82) is 0 Å². The normalized spacial score (nSPS) is 12.6. The van der Waals surface area contributed by atoms with E-state index in [9.17, 15) is 9.18 Å². The zero-order valence-corrected chi connectivity index (χ0v) is 9.11. The first-order chi connectivity index (χ1) is 7.65. The van der Waals surface area contributed by atoms with Gasteiger partial charge in [0.1, 0.15) is 6.29 Å². The highest BCUT2D eigenvalue weighted by molar-refractivity contribution is 5.74. The van der Waals surface area contributed by atoms with Crippen molar-refractivity contribution in [3.05, 3.63) is 59.1 Å². The fourth-order valence-electron chi connectivity index (χ4n) is 1.43. The van der Waals surface area contributed by atoms with E-state index < -0.39 is 0 Å². The highest BCUT2D eigenvalue weighted by atomic mass is 19.1. The van der Waals surface area contributed by atoms with E-state index in [4.69, 9.17) is 5.73 Å². The van der Waals surface area contributed by atoms with Crippen LogP contribution < -0.4 is 5.73 Å². The Labute approximate surface area is 94.3 Å². The molecule has 1 aromatic rings. The molecule has 0 unspecified atom stereocenters. The molecule has 0 amide bonds. The van der Waals surface area contributed by atoms with Crippen LogP contribution in [-0.2, 0) is 6.42 Å². The summed E-state index contributed by atoms with van der Waals surface area (Å²) in [5.74, 6) is -0.289. The number of carbonyl (C=O) groups excluding carboxylic acids is 1. The van der Waals surface area contributed by atoms with Gasteiger partial charge in [0.25, 0.3) is 0 Å². The molecule has 0 heterocycles. The molecule has 2 nitrogen and oxygen atoms in total. The number of allylic oxidation sites excluding steroid dienone is 3. The van der Waals surface area contributed by atoms with Crippen molar-refractivity contribution in [3.8, 4) is 0 Å². The minimum Gasteiger partial charge on any atom is -0.404 e. The molecule has 0 aliphatic carbocycles. The molecule has 0 spiro atoms. The average molecular weight is 219 g/mol. The Hall–Kier alpha value is -1.90. The van der Waals surface area contributed by atoms with E-state index >= 15 is 0 Å². The first-order valence-electron chi connectivity index (χ1n) is 4.94. The third kappa shape index (κ3) is 3.69. The Kier molecular flexibility index (Phi) is 4.45. The summed E-state index contributed by atoms with van der Waals surface area (Å²) in [6.45, 7) is 1.37. The Balaban J connectivity index is 2.86. The van der Waals surface area contributed by atoms with Gasteiger partial charge in [-0.2, -0.15) is 0 Å². The Morgan fingerprint density at radius 2 is 2.25 bits per heavy atom. The van der Waals surface area contributed by atoms with Gasteiger partial charge in [0.15, 0.2) is 0 Å². The molecule has 3 heteroatoms. The van der Waals surface area contributed by atoms with Crippen molar-refractivity contribution < 1.29 is 9.18 Å². The highest BCUT2D eigenvalue weighted by Gasteiger charge is 1.99. The van der Waals surface area contributed by atoms with Gasteiger partial charge in [-0.25, -0.2) is 4.39 Å². The Morgan fingerprint density at radius 3 is 2.81 bits per heavy atom. The number of hydrogen-bond donors (Lipinski definition) is 1. The molecule has 0 aromatic heterocycles. The number of aldehydes is 1. The highest BCUT2D eigenvalue weighted by Crippen LogP contribution is 2.12. The van der Waals surface area contributed by atoms with Crippen LogP contribution in [0.15, 0.2) is 47.9 Å². The molecule has 16 heavy (non-hydrogen) atoms. The second-order valence-electron chi connectivity index (χ2n) is 3.51. The molecule has 0 saturated carbocycles. The zero-order valence-electron chi connectivity index (χ0n) is 9.11. The topological polar surface area (TPSA) is 43.1 Å². The quantitative estimate of drug-likeness (QED) is 0.625. The van der Waals surface area contributed by atoms with Gasteiger partial charge in [-0.3, -0.25) is 4.79 Å². The van der Waals surface area contributed by atoms with Crippen molar-refractivity contribution in [2.24, 2.45) is 5.73 Å². The van der Waals surface area contributed by atoms with Gasteiger partial charge in [0.2, 0.25) is 0 Å². The van der Waals surface area contributed by atoms with Crippen LogP contribution in [0.4, 0.5) is 4.39 Å². The van der Waals surface area contributed by atoms with E-state index in [-0.39, 0.29) is 5.83 Å². The number of nitrogens with two attached hydrogens (primary N) is 1. The fraction of sp³-hybridized carbons (Fsp3) is 0.154. The van der Waals surface area contributed by atoms with Gasteiger partial charge >= 0.3 is 0 Å². The van der Waals surface area contributed by atoms with Crippen LogP contribution in [0.1, 0.15) is 22.8 Å². The van der Waals surface area contributed by atoms with Crippen molar-refractivity contribution in [1.82, 2.24) is 0 Å². The van der Waals surface area contributed by atoms with Gasteiger partial charge in [-0.05, 0) is 42.8 Å². The number of hydrogen-bond acceptors (Lipinski definition) is 2. The predicted molar refractivity (Wildman–Crippen MR) is 62.7 cm³/mol. The van der Waals surface area contributed by atoms with Gasteiger partial charge in [-0.15, -0.1) is 0 Å². The maximum absolute atomic E-state index is 12.7. The van der Waals surface area contributed by atoms with Crippen LogP contribution in [0.3, 0.4) is 0 Å². The Morgan fingerprint density at radius 1 is 1.50 bits per heavy atom. The summed E-state index contributed by atoms with van der Waals surface area (Å²) in [5, 5.41) is 0. The summed E-state index contributed by atoms with van der Waals surface area (Å²) in [7, 11) is 0. The number of carbonyl (C=O) groups is 1. The average Bonchev–Trinajstić information content (AvgIpc) is 2.28. The second kappa shape index (κ2) is 5.85. The summed E-state index contributed by atoms with van der Waals surface area (Å²) in [5.41, 5.74) is 7.62. The first kappa shape index (κ1) is 12.2. The van der Waals surface area contributed by atoms with Crippen molar-refractivity contribution in [2.75, 3.05) is 0 Å². The maximum Gasteiger partial charge on any atom is 0.150 e. The molecule has 0 saturated heterocycles. The lowest BCUT2D eigenvalue weighted by atomic mass is 10.0. The van der Waals surface area contributed by atoms with Crippen LogP contribution in [0, 0.1) is 0 Å². The van der Waals surface area contributed by atoms with Crippen LogP contribution in [-0.4, -0.2) is 6.29 Å². The number of rotatable bonds is 4. The van der Waals surface area contributed by atoms with E-state index in [1.807, 2.05) is 6.07 Å². The van der Waals surface area contributed by atoms with Crippen LogP contribution in [0.5, 0.6) is 0 Å². The fourth-order valence-corrected chi connectivity index (χ4v) is 1.43. The summed E-state index contributed by atoms with van der Waals surface area (Å²) in [6, 6.07) is 7.15. The molecule has 0 radical (unpaired) electrons. The van der Waals surface area contributed by atoms with Gasteiger partial charge in [-0.1, -0.05) is 18.2 Å². The summed E-state index contributed by atoms with van der Waals surface area (Å²) in [4.78, 5) is 10.6. The van der Waals surface area contributed by atoms with Crippen molar-refractivity contribution in [2.45, 2.75) is 13.3 Å². The van der Waals surface area contributed by atoms with E-state index in [1.165, 1.54) is 19.2 Å². The molecule has 0 fully saturated rings. The van der Waals surface area contributed by atoms with E-state index in [0.717, 1.165) is 11.8 Å². The Bertz CT molecular complexity index is 431. The monoisotopic (exact) mass is 219 g/mol. The maximum atomic E-state index is 12.7. The van der Waals surface area contributed by atoms with Crippen LogP contribution in [0.2, 0.25) is 0 Å². The summed E-state index contributed by atoms with van der Waals surface area (Å²) in [6.07, 6.45) is 4.05. The van der Waals surface area contributed by atoms with Crippen molar-refractivity contribution in [3.63, 3.8) is 0 Å². The van der Waals surface area contributed by atoms with Crippen LogP contribution >= 0.6 is 0 Å². The minimum atomic E-state index is -0.289. The lowest BCUT2D eigenvalue weighted by Crippen LogP contribution is -1.94. The molecule has 0 aliphatic heterocycles. The molecule has 2 N–H and O–H groups in total. The second-order valence-corrected chi connectivity index (χ2v) is 3.51. The van der Waals surface area contributed by atoms with Gasteiger partial charge < -0.3 is 5.73 Å². The summed E-state index contributed by atoms with van der Waals surface area (Å²) < 4.78 is 12.7. The van der Waals surface area contributed by atoms with Crippen molar-refractivity contribution >= 4 is 6.29 Å². The number of halogens is 1. The van der Waals surface area contributed by atoms with E-state index in [2.05, 4.69) is 0 Å². The molecule has 0 aliphatic rings. The lowest BCUT2D eigenvalue weighted by molar-refractivity contribution is 0.112. The van der Waals surface area contributed by atoms with E-state index in [0.29, 0.717) is 17.6 Å². The molecular weight excluding hydrogens is 205 g/mol. The smallest absolute Gasteiger partial charge is 0.150 e. The molecular formula is C13H14FNO.